The fourth-order valence-corrected chi connectivity index (χ4v) is 2.07. The first kappa shape index (κ1) is 25.3. The van der Waals surface area contributed by atoms with E-state index in [0.717, 1.165) is 0 Å². The average Bonchev–Trinajstić information content (AvgIpc) is 2.65. The molecule has 4 atom stereocenters. The smallest absolute Gasteiger partial charge is 0.322 e. The molecule has 28 heavy (non-hydrogen) atoms. The van der Waals surface area contributed by atoms with Crippen LogP contribution in [0.15, 0.2) is 0 Å². The summed E-state index contributed by atoms with van der Waals surface area (Å²) in [7, 11) is 0. The molecule has 0 spiro atoms. The Labute approximate surface area is 161 Å². The van der Waals surface area contributed by atoms with Gasteiger partial charge in [-0.05, 0) is 12.3 Å². The van der Waals surface area contributed by atoms with Crippen LogP contribution >= 0.6 is 0 Å². The Kier molecular flexibility index (Phi) is 11.4. The molecule has 0 rings (SSSR count). The minimum atomic E-state index is -1.47. The van der Waals surface area contributed by atoms with Crippen molar-refractivity contribution in [1.82, 2.24) is 16.0 Å². The van der Waals surface area contributed by atoms with E-state index in [1.165, 1.54) is 0 Å². The molecule has 3 amide bonds. The summed E-state index contributed by atoms with van der Waals surface area (Å²) in [5.74, 6) is -5.21. The molecule has 0 bridgehead atoms. The molecule has 12 nitrogen and oxygen atoms in total. The number of rotatable bonds is 13. The molecule has 0 saturated carbocycles. The summed E-state index contributed by atoms with van der Waals surface area (Å²) in [6.45, 7) is 2.02. The van der Waals surface area contributed by atoms with Gasteiger partial charge in [-0.2, -0.15) is 0 Å². The molecule has 0 radical (unpaired) electrons. The van der Waals surface area contributed by atoms with Gasteiger partial charge in [0.15, 0.2) is 0 Å². The van der Waals surface area contributed by atoms with Crippen LogP contribution in [0.25, 0.3) is 0 Å². The highest BCUT2D eigenvalue weighted by Crippen LogP contribution is 2.07. The number of carboxylic acids is 2. The first-order valence-electron chi connectivity index (χ1n) is 8.71. The van der Waals surface area contributed by atoms with E-state index in [1.807, 2.05) is 12.2 Å². The standard InChI is InChI=1S/C16H28N4O8/c1-3-8(2)13(17)16(28)19-9(4-5-11(22)23)15(27)20-10(7-21)14(26)18-6-12(24)25/h8-10,13,21H,3-7,17H2,1-2H3,(H,18,26)(H,19,28)(H,20,27)(H,22,23)(H,24,25). The Bertz CT molecular complexity index is 583. The zero-order valence-corrected chi connectivity index (χ0v) is 15.8. The minimum absolute atomic E-state index is 0.185. The lowest BCUT2D eigenvalue weighted by Crippen LogP contribution is -2.57. The van der Waals surface area contributed by atoms with Crippen LogP contribution in [0.5, 0.6) is 0 Å². The molecule has 0 aromatic carbocycles. The van der Waals surface area contributed by atoms with Crippen molar-refractivity contribution in [3.63, 3.8) is 0 Å². The van der Waals surface area contributed by atoms with Crippen LogP contribution < -0.4 is 21.7 Å². The molecule has 0 fully saturated rings. The third kappa shape index (κ3) is 9.28. The zero-order chi connectivity index (χ0) is 21.9. The van der Waals surface area contributed by atoms with E-state index in [9.17, 15) is 29.1 Å². The highest BCUT2D eigenvalue weighted by atomic mass is 16.4. The number of hydrogen-bond donors (Lipinski definition) is 7. The number of carboxylic acid groups (broad SMARTS) is 2. The van der Waals surface area contributed by atoms with Crippen LogP contribution in [-0.2, 0) is 24.0 Å². The normalized spacial score (nSPS) is 14.9. The third-order valence-electron chi connectivity index (χ3n) is 4.07. The van der Waals surface area contributed by atoms with Crippen molar-refractivity contribution in [2.45, 2.75) is 51.2 Å². The van der Waals surface area contributed by atoms with Crippen molar-refractivity contribution in [3.05, 3.63) is 0 Å². The van der Waals surface area contributed by atoms with E-state index in [2.05, 4.69) is 10.6 Å². The molecule has 0 aliphatic carbocycles. The molecule has 160 valence electrons. The van der Waals surface area contributed by atoms with Crippen molar-refractivity contribution in [1.29, 1.82) is 0 Å². The molecule has 0 aliphatic rings. The topological polar surface area (TPSA) is 208 Å². The Hall–Kier alpha value is -2.73. The largest absolute Gasteiger partial charge is 0.481 e. The van der Waals surface area contributed by atoms with Crippen molar-refractivity contribution in [3.8, 4) is 0 Å². The lowest BCUT2D eigenvalue weighted by atomic mass is 9.98. The third-order valence-corrected chi connectivity index (χ3v) is 4.07. The molecule has 0 aromatic heterocycles. The number of hydrogen-bond acceptors (Lipinski definition) is 7. The summed E-state index contributed by atoms with van der Waals surface area (Å²) >= 11 is 0. The minimum Gasteiger partial charge on any atom is -0.481 e. The van der Waals surface area contributed by atoms with Crippen LogP contribution in [0.4, 0.5) is 0 Å². The second kappa shape index (κ2) is 12.6. The fourth-order valence-electron chi connectivity index (χ4n) is 2.07. The van der Waals surface area contributed by atoms with E-state index in [1.54, 1.807) is 6.92 Å². The Morgan fingerprint density at radius 3 is 1.96 bits per heavy atom. The van der Waals surface area contributed by atoms with Crippen molar-refractivity contribution in [2.75, 3.05) is 13.2 Å². The molecule has 0 heterocycles. The van der Waals surface area contributed by atoms with Crippen LogP contribution in [-0.4, -0.2) is 76.3 Å². The maximum Gasteiger partial charge on any atom is 0.322 e. The summed E-state index contributed by atoms with van der Waals surface area (Å²) in [6, 6.07) is -3.70. The first-order valence-corrected chi connectivity index (χ1v) is 8.71. The van der Waals surface area contributed by atoms with Crippen LogP contribution in [0.2, 0.25) is 0 Å². The van der Waals surface area contributed by atoms with Gasteiger partial charge in [-0.3, -0.25) is 24.0 Å². The van der Waals surface area contributed by atoms with Crippen molar-refractivity contribution in [2.24, 2.45) is 11.7 Å². The number of aliphatic hydroxyl groups is 1. The summed E-state index contributed by atoms with van der Waals surface area (Å²) in [5.41, 5.74) is 5.80. The number of carbonyl (C=O) groups is 5. The Morgan fingerprint density at radius 2 is 1.50 bits per heavy atom. The number of aliphatic carboxylic acids is 2. The Morgan fingerprint density at radius 1 is 0.929 bits per heavy atom. The number of aliphatic hydroxyl groups excluding tert-OH is 1. The van der Waals surface area contributed by atoms with Gasteiger partial charge in [-0.15, -0.1) is 0 Å². The van der Waals surface area contributed by atoms with Gasteiger partial charge in [-0.25, -0.2) is 0 Å². The number of nitrogens with one attached hydrogen (secondary N) is 3. The molecule has 0 saturated heterocycles. The summed E-state index contributed by atoms with van der Waals surface area (Å²) in [4.78, 5) is 57.7. The van der Waals surface area contributed by atoms with Crippen molar-refractivity contribution < 1.29 is 39.3 Å². The Balaban J connectivity index is 5.12. The van der Waals surface area contributed by atoms with E-state index in [-0.39, 0.29) is 12.3 Å². The second-order valence-corrected chi connectivity index (χ2v) is 6.26. The summed E-state index contributed by atoms with van der Waals surface area (Å²) < 4.78 is 0. The summed E-state index contributed by atoms with van der Waals surface area (Å²) in [5, 5.41) is 33.1. The maximum atomic E-state index is 12.4. The molecule has 4 unspecified atom stereocenters. The highest BCUT2D eigenvalue weighted by molar-refractivity contribution is 5.94. The molecule has 0 aromatic rings. The maximum absolute atomic E-state index is 12.4. The van der Waals surface area contributed by atoms with E-state index in [4.69, 9.17) is 15.9 Å². The molecule has 8 N–H and O–H groups in total. The predicted molar refractivity (Wildman–Crippen MR) is 95.9 cm³/mol. The molecule has 12 heteroatoms. The quantitative estimate of drug-likeness (QED) is 0.171. The predicted octanol–water partition coefficient (Wildman–Crippen LogP) is -2.61. The number of nitrogens with two attached hydrogens (primary N) is 1. The van der Waals surface area contributed by atoms with Gasteiger partial charge in [0, 0.05) is 6.42 Å². The number of amides is 3. The molecular weight excluding hydrogens is 376 g/mol. The fraction of sp³-hybridized carbons (Fsp3) is 0.688. The number of carbonyl (C=O) groups excluding carboxylic acids is 3. The molecule has 0 aliphatic heterocycles. The second-order valence-electron chi connectivity index (χ2n) is 6.26. The first-order chi connectivity index (χ1) is 13.0. The van der Waals surface area contributed by atoms with Gasteiger partial charge in [-0.1, -0.05) is 20.3 Å². The van der Waals surface area contributed by atoms with Gasteiger partial charge in [0.1, 0.15) is 18.6 Å². The molecular formula is C16H28N4O8. The monoisotopic (exact) mass is 404 g/mol. The van der Waals surface area contributed by atoms with Crippen molar-refractivity contribution >= 4 is 29.7 Å². The van der Waals surface area contributed by atoms with Gasteiger partial charge in [0.2, 0.25) is 17.7 Å². The van der Waals surface area contributed by atoms with Crippen LogP contribution in [0.1, 0.15) is 33.1 Å². The lowest BCUT2D eigenvalue weighted by molar-refractivity contribution is -0.139. The zero-order valence-electron chi connectivity index (χ0n) is 15.8. The van der Waals surface area contributed by atoms with Gasteiger partial charge in [0.25, 0.3) is 0 Å². The SMILES string of the molecule is CCC(C)C(N)C(=O)NC(CCC(=O)O)C(=O)NC(CO)C(=O)NCC(=O)O. The van der Waals surface area contributed by atoms with Gasteiger partial charge < -0.3 is 37.0 Å². The average molecular weight is 404 g/mol. The van der Waals surface area contributed by atoms with E-state index < -0.39 is 67.4 Å². The van der Waals surface area contributed by atoms with Gasteiger partial charge >= 0.3 is 11.9 Å². The van der Waals surface area contributed by atoms with Crippen LogP contribution in [0, 0.1) is 5.92 Å². The summed E-state index contributed by atoms with van der Waals surface area (Å²) in [6.07, 6.45) is -0.0993. The lowest BCUT2D eigenvalue weighted by Gasteiger charge is -2.24. The van der Waals surface area contributed by atoms with Crippen LogP contribution in [0.3, 0.4) is 0 Å². The van der Waals surface area contributed by atoms with Gasteiger partial charge in [0.05, 0.1) is 12.6 Å². The highest BCUT2D eigenvalue weighted by Gasteiger charge is 2.29. The van der Waals surface area contributed by atoms with E-state index in [0.29, 0.717) is 6.42 Å². The van der Waals surface area contributed by atoms with E-state index >= 15 is 0 Å².